The molecule has 0 unspecified atom stereocenters. The highest BCUT2D eigenvalue weighted by Crippen LogP contribution is 2.29. The van der Waals surface area contributed by atoms with Gasteiger partial charge in [-0.3, -0.25) is 0 Å². The highest BCUT2D eigenvalue weighted by molar-refractivity contribution is 9.10. The fourth-order valence-electron chi connectivity index (χ4n) is 1.42. The lowest BCUT2D eigenvalue weighted by molar-refractivity contribution is 0.209. The lowest BCUT2D eigenvalue weighted by Crippen LogP contribution is -2.33. The number of halogens is 2. The standard InChI is InChI=1S/C10H9BrFN3O3S2/c1-18-6-15(10-14-13-5-19-10)20(16,17)9-3-2-7(12)4-8(9)11/h2-5H,6H2,1H3. The number of ether oxygens (including phenoxy) is 1. The van der Waals surface area contributed by atoms with Crippen LogP contribution >= 0.6 is 27.3 Å². The van der Waals surface area contributed by atoms with Gasteiger partial charge in [0, 0.05) is 11.6 Å². The average molecular weight is 382 g/mol. The minimum atomic E-state index is -3.93. The number of aromatic nitrogens is 2. The van der Waals surface area contributed by atoms with Gasteiger partial charge in [-0.1, -0.05) is 11.3 Å². The smallest absolute Gasteiger partial charge is 0.269 e. The van der Waals surface area contributed by atoms with E-state index in [0.717, 1.165) is 27.8 Å². The largest absolute Gasteiger partial charge is 0.363 e. The number of hydrogen-bond acceptors (Lipinski definition) is 6. The van der Waals surface area contributed by atoms with E-state index in [1.165, 1.54) is 18.7 Å². The normalized spacial score (nSPS) is 11.6. The van der Waals surface area contributed by atoms with Crippen LogP contribution in [0.3, 0.4) is 0 Å². The van der Waals surface area contributed by atoms with Crippen molar-refractivity contribution in [2.75, 3.05) is 18.1 Å². The van der Waals surface area contributed by atoms with Crippen molar-refractivity contribution in [3.05, 3.63) is 34.0 Å². The van der Waals surface area contributed by atoms with E-state index in [4.69, 9.17) is 4.74 Å². The van der Waals surface area contributed by atoms with Crippen molar-refractivity contribution in [1.82, 2.24) is 10.2 Å². The number of nitrogens with zero attached hydrogens (tertiary/aromatic N) is 3. The van der Waals surface area contributed by atoms with Crippen molar-refractivity contribution >= 4 is 42.4 Å². The van der Waals surface area contributed by atoms with E-state index < -0.39 is 15.8 Å². The molecular formula is C10H9BrFN3O3S2. The lowest BCUT2D eigenvalue weighted by atomic mass is 10.3. The van der Waals surface area contributed by atoms with Crippen LogP contribution in [0.1, 0.15) is 0 Å². The Kier molecular flexibility index (Phi) is 4.68. The molecule has 0 aliphatic carbocycles. The molecule has 6 nitrogen and oxygen atoms in total. The summed E-state index contributed by atoms with van der Waals surface area (Å²) in [6.07, 6.45) is 0. The molecule has 2 aromatic rings. The van der Waals surface area contributed by atoms with Crippen LogP contribution in [-0.2, 0) is 14.8 Å². The van der Waals surface area contributed by atoms with Crippen molar-refractivity contribution in [3.63, 3.8) is 0 Å². The second kappa shape index (κ2) is 6.12. The average Bonchev–Trinajstić information content (AvgIpc) is 2.88. The molecule has 10 heteroatoms. The van der Waals surface area contributed by atoms with Crippen LogP contribution in [0.15, 0.2) is 33.1 Å². The minimum Gasteiger partial charge on any atom is -0.363 e. The first kappa shape index (κ1) is 15.3. The third-order valence-electron chi connectivity index (χ3n) is 2.27. The van der Waals surface area contributed by atoms with Gasteiger partial charge in [-0.05, 0) is 34.1 Å². The van der Waals surface area contributed by atoms with Crippen LogP contribution in [0, 0.1) is 5.82 Å². The van der Waals surface area contributed by atoms with Crippen LogP contribution in [0.2, 0.25) is 0 Å². The van der Waals surface area contributed by atoms with Crippen LogP contribution in [0.4, 0.5) is 9.52 Å². The molecule has 0 amide bonds. The van der Waals surface area contributed by atoms with Crippen molar-refractivity contribution in [1.29, 1.82) is 0 Å². The number of sulfonamides is 1. The SMILES string of the molecule is COCN(c1nncs1)S(=O)(=O)c1ccc(F)cc1Br. The van der Waals surface area contributed by atoms with Crippen molar-refractivity contribution in [2.24, 2.45) is 0 Å². The van der Waals surface area contributed by atoms with Crippen LogP contribution in [0.5, 0.6) is 0 Å². The zero-order valence-corrected chi connectivity index (χ0v) is 13.4. The molecule has 108 valence electrons. The van der Waals surface area contributed by atoms with Gasteiger partial charge in [-0.15, -0.1) is 10.2 Å². The fraction of sp³-hybridized carbons (Fsp3) is 0.200. The molecule has 1 aromatic carbocycles. The second-order valence-electron chi connectivity index (χ2n) is 3.57. The predicted molar refractivity (Wildman–Crippen MR) is 75.5 cm³/mol. The summed E-state index contributed by atoms with van der Waals surface area (Å²) in [5.41, 5.74) is 1.41. The first-order valence-corrected chi connectivity index (χ1v) is 8.31. The summed E-state index contributed by atoms with van der Waals surface area (Å²) in [5.74, 6) is -0.537. The number of methoxy groups -OCH3 is 1. The summed E-state index contributed by atoms with van der Waals surface area (Å²) in [5, 5.41) is 7.49. The van der Waals surface area contributed by atoms with Gasteiger partial charge >= 0.3 is 0 Å². The van der Waals surface area contributed by atoms with E-state index in [0.29, 0.717) is 0 Å². The number of hydrogen-bond donors (Lipinski definition) is 0. The van der Waals surface area contributed by atoms with Crippen LogP contribution < -0.4 is 4.31 Å². The monoisotopic (exact) mass is 381 g/mol. The molecule has 0 atom stereocenters. The quantitative estimate of drug-likeness (QED) is 0.742. The molecule has 0 saturated carbocycles. The zero-order valence-electron chi connectivity index (χ0n) is 10.2. The summed E-state index contributed by atoms with van der Waals surface area (Å²) < 4.78 is 44.2. The highest BCUT2D eigenvalue weighted by atomic mass is 79.9. The van der Waals surface area contributed by atoms with Crippen LogP contribution in [0.25, 0.3) is 0 Å². The third kappa shape index (κ3) is 2.97. The predicted octanol–water partition coefficient (Wildman–Crippen LogP) is 2.24. The Labute approximate surface area is 127 Å². The maximum Gasteiger partial charge on any atom is 0.269 e. The summed E-state index contributed by atoms with van der Waals surface area (Å²) in [4.78, 5) is -0.0776. The molecule has 2 rings (SSSR count). The van der Waals surface area contributed by atoms with Gasteiger partial charge < -0.3 is 4.74 Å². The zero-order chi connectivity index (χ0) is 14.8. The molecule has 0 aliphatic rings. The van der Waals surface area contributed by atoms with E-state index >= 15 is 0 Å². The van der Waals surface area contributed by atoms with Gasteiger partial charge in [0.25, 0.3) is 10.0 Å². The van der Waals surface area contributed by atoms with Gasteiger partial charge in [0.1, 0.15) is 23.0 Å². The Bertz CT molecular complexity index is 694. The first-order valence-electron chi connectivity index (χ1n) is 5.19. The number of anilines is 1. The van der Waals surface area contributed by atoms with E-state index in [1.54, 1.807) is 0 Å². The second-order valence-corrected chi connectivity index (χ2v) is 7.06. The fourth-order valence-corrected chi connectivity index (χ4v) is 4.53. The van der Waals surface area contributed by atoms with Gasteiger partial charge in [0.2, 0.25) is 5.13 Å². The first-order chi connectivity index (χ1) is 9.46. The Morgan fingerprint density at radius 1 is 1.50 bits per heavy atom. The molecule has 1 aromatic heterocycles. The molecule has 0 radical (unpaired) electrons. The molecule has 0 spiro atoms. The van der Waals surface area contributed by atoms with E-state index in [2.05, 4.69) is 26.1 Å². The molecular weight excluding hydrogens is 373 g/mol. The minimum absolute atomic E-state index is 0.0776. The molecule has 0 fully saturated rings. The van der Waals surface area contributed by atoms with Crippen molar-refractivity contribution in [3.8, 4) is 0 Å². The summed E-state index contributed by atoms with van der Waals surface area (Å²) in [6.45, 7) is -0.221. The van der Waals surface area contributed by atoms with Gasteiger partial charge in [0.05, 0.1) is 0 Å². The molecule has 0 N–H and O–H groups in total. The van der Waals surface area contributed by atoms with Crippen LogP contribution in [-0.4, -0.2) is 32.5 Å². The summed E-state index contributed by atoms with van der Waals surface area (Å²) in [7, 11) is -2.57. The molecule has 0 bridgehead atoms. The van der Waals surface area contributed by atoms with Gasteiger partial charge in [-0.25, -0.2) is 17.1 Å². The van der Waals surface area contributed by atoms with E-state index in [9.17, 15) is 12.8 Å². The maximum absolute atomic E-state index is 13.1. The topological polar surface area (TPSA) is 72.4 Å². The Morgan fingerprint density at radius 3 is 2.80 bits per heavy atom. The molecule has 20 heavy (non-hydrogen) atoms. The Morgan fingerprint density at radius 2 is 2.25 bits per heavy atom. The number of rotatable bonds is 5. The lowest BCUT2D eigenvalue weighted by Gasteiger charge is -2.20. The summed E-state index contributed by atoms with van der Waals surface area (Å²) >= 11 is 4.10. The molecule has 0 aliphatic heterocycles. The maximum atomic E-state index is 13.1. The van der Waals surface area contributed by atoms with E-state index in [1.807, 2.05) is 0 Å². The third-order valence-corrected chi connectivity index (χ3v) is 5.79. The molecule has 0 saturated heterocycles. The number of benzene rings is 1. The Hall–Kier alpha value is -1.10. The van der Waals surface area contributed by atoms with Gasteiger partial charge in [-0.2, -0.15) is 0 Å². The molecule has 1 heterocycles. The highest BCUT2D eigenvalue weighted by Gasteiger charge is 2.29. The van der Waals surface area contributed by atoms with Gasteiger partial charge in [0.15, 0.2) is 0 Å². The van der Waals surface area contributed by atoms with Crippen molar-refractivity contribution in [2.45, 2.75) is 4.90 Å². The Balaban J connectivity index is 2.51. The summed E-state index contributed by atoms with van der Waals surface area (Å²) in [6, 6.07) is 3.33. The van der Waals surface area contributed by atoms with Crippen molar-refractivity contribution < 1.29 is 17.5 Å². The van der Waals surface area contributed by atoms with E-state index in [-0.39, 0.29) is 21.2 Å².